The Kier molecular flexibility index (Phi) is 29.0. The van der Waals surface area contributed by atoms with Gasteiger partial charge in [0.05, 0.1) is 29.0 Å². The molecule has 100 heavy (non-hydrogen) atoms. The number of nitrogens with one attached hydrogen (secondary N) is 2. The van der Waals surface area contributed by atoms with E-state index in [0.717, 1.165) is 5.56 Å². The third-order valence-electron chi connectivity index (χ3n) is 14.8. The number of nitro groups is 1. The van der Waals surface area contributed by atoms with Gasteiger partial charge in [-0.1, -0.05) is 43.8 Å². The number of amides is 5. The summed E-state index contributed by atoms with van der Waals surface area (Å²) in [6, 6.07) is 24.1. The summed E-state index contributed by atoms with van der Waals surface area (Å²) in [5, 5.41) is 34.0. The summed E-state index contributed by atoms with van der Waals surface area (Å²) in [6.45, 7) is 1.32. The number of alkyl halides is 2. The minimum absolute atomic E-state index is 0. The fraction of sp³-hybridized carbons (Fsp3) is 0.281. The number of nitrogens with zero attached hydrogens (tertiary/aromatic N) is 14. The third kappa shape index (κ3) is 20.6. The van der Waals surface area contributed by atoms with Gasteiger partial charge in [-0.25, -0.2) is 43.5 Å². The maximum atomic E-state index is 14.5. The number of fused-ring (bicyclic) bond motifs is 2. The molecule has 8 heterocycles. The second-order valence-corrected chi connectivity index (χ2v) is 23.9. The lowest BCUT2D eigenvalue weighted by atomic mass is 10.0. The number of aliphatic hydroxyl groups excluding tert-OH is 1. The molecular weight excluding hydrogens is 1510 g/mol. The maximum Gasteiger partial charge on any atom is 0.409 e. The first-order valence-electron chi connectivity index (χ1n) is 29.3. The Morgan fingerprint density at radius 2 is 1.09 bits per heavy atom. The first-order chi connectivity index (χ1) is 46.8. The van der Waals surface area contributed by atoms with Gasteiger partial charge in [-0.05, 0) is 109 Å². The van der Waals surface area contributed by atoms with E-state index in [1.54, 1.807) is 112 Å². The number of ether oxygens (including phenoxy) is 1. The van der Waals surface area contributed by atoms with Crippen LogP contribution in [0.25, 0.3) is 44.1 Å². The van der Waals surface area contributed by atoms with Gasteiger partial charge < -0.3 is 35.2 Å². The number of benzene rings is 3. The van der Waals surface area contributed by atoms with Crippen molar-refractivity contribution in [2.45, 2.75) is 91.3 Å². The molecule has 6 aromatic heterocycles. The minimum atomic E-state index is -1.37. The van der Waals surface area contributed by atoms with Gasteiger partial charge in [-0.2, -0.15) is 23.7 Å². The Morgan fingerprint density at radius 3 is 1.46 bits per heavy atom. The van der Waals surface area contributed by atoms with E-state index in [1.165, 1.54) is 62.2 Å². The quantitative estimate of drug-likeness (QED) is 0.0237. The number of halogens is 5. The number of ketones is 2. The highest BCUT2D eigenvalue weighted by atomic mass is 79.9. The van der Waals surface area contributed by atoms with Crippen LogP contribution < -0.4 is 10.6 Å². The number of anilines is 2. The lowest BCUT2D eigenvalue weighted by Gasteiger charge is -2.23. The zero-order valence-electron chi connectivity index (χ0n) is 52.6. The minimum Gasteiger partial charge on any atom is -0.441 e. The highest BCUT2D eigenvalue weighted by Gasteiger charge is 2.42. The molecule has 36 heteroatoms. The van der Waals surface area contributed by atoms with E-state index in [0.29, 0.717) is 59.1 Å². The van der Waals surface area contributed by atoms with Crippen molar-refractivity contribution in [2.24, 2.45) is 0 Å². The summed E-state index contributed by atoms with van der Waals surface area (Å²) in [4.78, 5) is 138. The van der Waals surface area contributed by atoms with Crippen molar-refractivity contribution >= 4 is 165 Å². The molecular formula is C64H63Br2ClF2N16O12S3. The zero-order valence-corrected chi connectivity index (χ0v) is 59.2. The topological polar surface area (TPSA) is 356 Å². The Labute approximate surface area is 608 Å². The van der Waals surface area contributed by atoms with Crippen molar-refractivity contribution in [3.8, 4) is 22.3 Å². The van der Waals surface area contributed by atoms with Crippen LogP contribution in [0.5, 0.6) is 0 Å². The van der Waals surface area contributed by atoms with Crippen molar-refractivity contribution in [1.82, 2.24) is 64.2 Å². The average molecular weight is 1580 g/mol. The molecule has 524 valence electrons. The first-order valence-corrected chi connectivity index (χ1v) is 32.5. The molecule has 3 aromatic carbocycles. The van der Waals surface area contributed by atoms with Gasteiger partial charge in [-0.15, -0.1) is 0 Å². The summed E-state index contributed by atoms with van der Waals surface area (Å²) in [6.07, 6.45) is 2.85. The lowest BCUT2D eigenvalue weighted by molar-refractivity contribution is -0.384. The number of aliphatic hydroxyl groups is 1. The largest absolute Gasteiger partial charge is 0.441 e. The summed E-state index contributed by atoms with van der Waals surface area (Å²) in [7, 11) is 3.14. The molecule has 0 unspecified atom stereocenters. The highest BCUT2D eigenvalue weighted by molar-refractivity contribution is 9.10. The fourth-order valence-electron chi connectivity index (χ4n) is 10.2. The number of likely N-dealkylation sites (tertiary alicyclic amines) is 2. The number of pyridine rings is 2. The molecule has 9 aromatic rings. The Bertz CT molecular complexity index is 4490. The highest BCUT2D eigenvalue weighted by Crippen LogP contribution is 2.31. The van der Waals surface area contributed by atoms with E-state index in [9.17, 15) is 62.4 Å². The number of non-ortho nitro benzene ring substituents is 1. The predicted molar refractivity (Wildman–Crippen MR) is 382 cm³/mol. The van der Waals surface area contributed by atoms with E-state index in [-0.39, 0.29) is 126 Å². The molecule has 4 atom stereocenters. The molecule has 2 aliphatic rings. The third-order valence-corrected chi connectivity index (χ3v) is 15.8. The molecule has 28 nitrogen and oxygen atoms in total. The molecule has 0 saturated carbocycles. The monoisotopic (exact) mass is 1570 g/mol. The van der Waals surface area contributed by atoms with Crippen LogP contribution in [0.3, 0.4) is 0 Å². The van der Waals surface area contributed by atoms with Gasteiger partial charge in [0.25, 0.3) is 5.69 Å². The molecule has 0 spiro atoms. The number of carbonyl (C=O) groups is 8. The zero-order chi connectivity index (χ0) is 71.1. The summed E-state index contributed by atoms with van der Waals surface area (Å²) < 4.78 is 37.8. The second kappa shape index (κ2) is 36.5. The molecule has 5 amide bonds. The SMILES string of the molecule is C.CC(=O)c1nn(CC(=O)N2C[C@H](F)C[C@H]2C(=O)Nc2cccc(Br)n2)c2ccc(-c3cnc(CO)nc3)cc12.CC(=O)c1nn(CC(=O)N2C[C@H](F)C[C@H]2C(=O)Nc2cccc(Br)n2)c2ccc(-c3cnc(COC(=O)N(C)C)nc3)cc12.O=C(Cl)Cc1ccc([N+](=O)[O-])cc1.S.S=S. The Balaban J connectivity index is 0.000000258. The van der Waals surface area contributed by atoms with Crippen LogP contribution in [0.2, 0.25) is 0 Å². The van der Waals surface area contributed by atoms with Gasteiger partial charge in [0.15, 0.2) is 29.8 Å². The lowest BCUT2D eigenvalue weighted by Crippen LogP contribution is -2.44. The Morgan fingerprint density at radius 1 is 0.670 bits per heavy atom. The van der Waals surface area contributed by atoms with Gasteiger partial charge in [0.2, 0.25) is 28.9 Å². The standard InChI is InChI=1S/C29H28BrFN8O5.C26H23BrFN7O4.C8H6ClNO3.CH4.S2.H2S/c1-16(40)27-20-9-17(18-11-32-25(33-12-18)15-44-29(43)37(2)3)7-8-21(20)39(36-27)14-26(41)38-13-19(31)10-22(38)28(42)35-24-6-4-5-23(30)34-24;1-14(37)25-18-7-15(16-9-29-23(13-36)30-10-16)5-6-19(18)35(33-25)12-24(38)34-11-17(28)8-20(34)26(39)32-22-4-2-3-21(27)31-22;9-8(11)5-6-1-3-7(4-2-6)10(12)13;;1-2;/h4-9,11-12,19,22H,10,13-15H2,1-3H3,(H,34,35,42);2-7,9-10,17,20,36H,8,11-13H2,1H3,(H,31,32,39);1-4H,5H2;1H4;;1H2/t19-,22+;17-,20+;;;;/m11..../s1. The van der Waals surface area contributed by atoms with E-state index in [1.807, 2.05) is 0 Å². The van der Waals surface area contributed by atoms with Crippen LogP contribution in [0.15, 0.2) is 131 Å². The number of hydrogen-bond acceptors (Lipinski definition) is 22. The van der Waals surface area contributed by atoms with Crippen LogP contribution in [0, 0.1) is 10.1 Å². The van der Waals surface area contributed by atoms with Gasteiger partial charge in [0.1, 0.15) is 76.4 Å². The first kappa shape index (κ1) is 79.5. The number of hydrogen-bond donors (Lipinski definition) is 3. The molecule has 0 aliphatic carbocycles. The van der Waals surface area contributed by atoms with Gasteiger partial charge in [0, 0.05) is 128 Å². The number of Topliss-reactive ketones (excluding diaryl/α,β-unsaturated/α-hetero) is 2. The van der Waals surface area contributed by atoms with Crippen LogP contribution in [0.4, 0.5) is 30.9 Å². The van der Waals surface area contributed by atoms with Crippen molar-refractivity contribution < 1.29 is 61.9 Å². The molecule has 0 radical (unpaired) electrons. The molecule has 0 bridgehead atoms. The second-order valence-electron chi connectivity index (χ2n) is 21.9. The molecule has 3 N–H and O–H groups in total. The van der Waals surface area contributed by atoms with Crippen molar-refractivity contribution in [3.05, 3.63) is 170 Å². The predicted octanol–water partition coefficient (Wildman–Crippen LogP) is 9.20. The van der Waals surface area contributed by atoms with Crippen LogP contribution >= 0.6 is 57.0 Å². The van der Waals surface area contributed by atoms with Crippen LogP contribution in [0.1, 0.15) is 72.3 Å². The van der Waals surface area contributed by atoms with E-state index < -0.39 is 64.3 Å². The van der Waals surface area contributed by atoms with Crippen LogP contribution in [-0.4, -0.2) is 172 Å². The average Bonchev–Trinajstić information content (AvgIpc) is 1.62. The summed E-state index contributed by atoms with van der Waals surface area (Å²) in [5.41, 5.74) is 4.78. The van der Waals surface area contributed by atoms with Crippen molar-refractivity contribution in [2.75, 3.05) is 37.8 Å². The van der Waals surface area contributed by atoms with Crippen molar-refractivity contribution in [3.63, 3.8) is 0 Å². The molecule has 2 saturated heterocycles. The number of carbonyl (C=O) groups excluding carboxylic acids is 8. The molecule has 11 rings (SSSR count). The van der Waals surface area contributed by atoms with E-state index >= 15 is 0 Å². The van der Waals surface area contributed by atoms with Gasteiger partial charge in [-0.3, -0.25) is 53.0 Å². The van der Waals surface area contributed by atoms with E-state index in [4.69, 9.17) is 16.3 Å². The normalized spacial score (nSPS) is 15.0. The number of aromatic nitrogens is 10. The van der Waals surface area contributed by atoms with Crippen molar-refractivity contribution in [1.29, 1.82) is 0 Å². The summed E-state index contributed by atoms with van der Waals surface area (Å²) in [5.74, 6) is -1.56. The number of rotatable bonds is 18. The van der Waals surface area contributed by atoms with E-state index in [2.05, 4.69) is 105 Å². The summed E-state index contributed by atoms with van der Waals surface area (Å²) >= 11 is 19.0. The Hall–Kier alpha value is -9.52. The fourth-order valence-corrected chi connectivity index (χ4v) is 11.1. The van der Waals surface area contributed by atoms with Crippen LogP contribution in [-0.2, 0) is 83.8 Å². The van der Waals surface area contributed by atoms with Gasteiger partial charge >= 0.3 is 6.09 Å². The number of nitro benzene ring substituents is 1. The smallest absolute Gasteiger partial charge is 0.409 e. The molecule has 2 fully saturated rings. The molecule has 2 aliphatic heterocycles. The maximum absolute atomic E-state index is 14.5.